The van der Waals surface area contributed by atoms with E-state index >= 15 is 0 Å². The van der Waals surface area contributed by atoms with Crippen molar-refractivity contribution in [2.75, 3.05) is 25.8 Å². The van der Waals surface area contributed by atoms with Gasteiger partial charge in [0.15, 0.2) is 0 Å². The zero-order valence-electron chi connectivity index (χ0n) is 27.8. The van der Waals surface area contributed by atoms with Crippen LogP contribution >= 0.6 is 7.80 Å². The lowest BCUT2D eigenvalue weighted by molar-refractivity contribution is -0.162. The molecule has 1 aromatic carbocycles. The molecule has 2 unspecified atom stereocenters. The molecule has 3 rings (SSSR count). The Balaban J connectivity index is 1.67. The number of benzene rings is 1. The highest BCUT2D eigenvalue weighted by Crippen LogP contribution is 2.46. The largest absolute Gasteiger partial charge is 0.479 e. The highest BCUT2D eigenvalue weighted by Gasteiger charge is 2.50. The fourth-order valence-corrected chi connectivity index (χ4v) is 7.04. The number of pyridine rings is 1. The molecule has 3 atom stereocenters. The molecule has 0 radical (unpaired) electrons. The molecule has 0 saturated carbocycles. The van der Waals surface area contributed by atoms with Gasteiger partial charge in [-0.3, -0.25) is 9.88 Å². The van der Waals surface area contributed by atoms with Gasteiger partial charge in [0.1, 0.15) is 24.8 Å². The second-order valence-corrected chi connectivity index (χ2v) is 15.7. The highest BCUT2D eigenvalue weighted by atomic mass is 31.1. The molecule has 1 N–H and O–H groups in total. The SMILES string of the molecule is CC(CCCCN(C(=O)OC(C)(C)C)C(=O)OC(C)(C)C)O[C@@]1(C(=O)O)CN(Cc2ccc(F)cc2-c2ccncc2)CC[PH]1=O. The molecule has 0 aliphatic carbocycles. The van der Waals surface area contributed by atoms with Crippen molar-refractivity contribution in [1.82, 2.24) is 14.8 Å². The van der Waals surface area contributed by atoms with Crippen LogP contribution in [0.2, 0.25) is 0 Å². The Morgan fingerprint density at radius 1 is 1.04 bits per heavy atom. The topological polar surface area (TPSA) is 136 Å². The molecule has 1 aromatic heterocycles. The van der Waals surface area contributed by atoms with E-state index < -0.39 is 54.4 Å². The second-order valence-electron chi connectivity index (χ2n) is 13.6. The number of aromatic nitrogens is 1. The maximum absolute atomic E-state index is 14.2. The molecule has 0 spiro atoms. The molecule has 0 bridgehead atoms. The predicted octanol–water partition coefficient (Wildman–Crippen LogP) is 6.79. The molecule has 1 fully saturated rings. The van der Waals surface area contributed by atoms with E-state index in [-0.39, 0.29) is 19.3 Å². The summed E-state index contributed by atoms with van der Waals surface area (Å²) in [5.41, 5.74) is 0.617. The molecule has 254 valence electrons. The van der Waals surface area contributed by atoms with Crippen LogP contribution < -0.4 is 0 Å². The number of carboxylic acid groups (broad SMARTS) is 1. The molecule has 2 amide bonds. The van der Waals surface area contributed by atoms with Gasteiger partial charge in [0.2, 0.25) is 5.34 Å². The van der Waals surface area contributed by atoms with Crippen LogP contribution in [0, 0.1) is 5.82 Å². The number of carbonyl (C=O) groups excluding carboxylic acids is 2. The van der Waals surface area contributed by atoms with Crippen LogP contribution in [0.1, 0.15) is 73.3 Å². The van der Waals surface area contributed by atoms with Crippen LogP contribution in [0.3, 0.4) is 0 Å². The molecular weight excluding hydrogens is 616 g/mol. The Morgan fingerprint density at radius 3 is 2.22 bits per heavy atom. The summed E-state index contributed by atoms with van der Waals surface area (Å²) in [6.07, 6.45) is 2.45. The van der Waals surface area contributed by atoms with Crippen molar-refractivity contribution in [2.45, 2.75) is 96.9 Å². The number of rotatable bonds is 11. The minimum atomic E-state index is -2.69. The van der Waals surface area contributed by atoms with E-state index in [0.29, 0.717) is 37.9 Å². The summed E-state index contributed by atoms with van der Waals surface area (Å²) in [4.78, 5) is 45.0. The van der Waals surface area contributed by atoms with E-state index in [1.807, 2.05) is 4.90 Å². The summed E-state index contributed by atoms with van der Waals surface area (Å²) in [7, 11) is -2.69. The molecule has 1 aliphatic heterocycles. The summed E-state index contributed by atoms with van der Waals surface area (Å²) >= 11 is 0. The van der Waals surface area contributed by atoms with Crippen molar-refractivity contribution in [3.05, 3.63) is 54.1 Å². The summed E-state index contributed by atoms with van der Waals surface area (Å²) in [5.74, 6) is -1.68. The average molecular weight is 664 g/mol. The lowest BCUT2D eigenvalue weighted by Crippen LogP contribution is -2.54. The van der Waals surface area contributed by atoms with Crippen LogP contribution in [0.15, 0.2) is 42.7 Å². The normalized spacial score (nSPS) is 19.7. The Bertz CT molecular complexity index is 1370. The first kappa shape index (κ1) is 37.1. The van der Waals surface area contributed by atoms with Crippen molar-refractivity contribution >= 4 is 26.0 Å². The van der Waals surface area contributed by atoms with Crippen LogP contribution in [-0.2, 0) is 30.1 Å². The van der Waals surface area contributed by atoms with Crippen LogP contribution in [-0.4, -0.2) is 86.5 Å². The summed E-state index contributed by atoms with van der Waals surface area (Å²) in [6.45, 7) is 12.6. The molecule has 2 aromatic rings. The monoisotopic (exact) mass is 663 g/mol. The number of carboxylic acids is 1. The number of halogens is 1. The first-order valence-electron chi connectivity index (χ1n) is 15.5. The van der Waals surface area contributed by atoms with Crippen molar-refractivity contribution in [2.24, 2.45) is 0 Å². The lowest BCUT2D eigenvalue weighted by Gasteiger charge is -2.40. The van der Waals surface area contributed by atoms with E-state index in [0.717, 1.165) is 16.0 Å². The number of nitrogens with zero attached hydrogens (tertiary/aromatic N) is 3. The first-order valence-corrected chi connectivity index (χ1v) is 17.1. The highest BCUT2D eigenvalue weighted by molar-refractivity contribution is 7.47. The molecule has 2 heterocycles. The van der Waals surface area contributed by atoms with Crippen molar-refractivity contribution in [3.8, 4) is 11.1 Å². The van der Waals surface area contributed by atoms with Gasteiger partial charge < -0.3 is 23.9 Å². The van der Waals surface area contributed by atoms with E-state index in [1.165, 1.54) is 12.1 Å². The van der Waals surface area contributed by atoms with Gasteiger partial charge in [0, 0.05) is 44.7 Å². The number of imide groups is 1. The molecule has 46 heavy (non-hydrogen) atoms. The number of carbonyl (C=O) groups is 3. The zero-order valence-corrected chi connectivity index (χ0v) is 28.8. The van der Waals surface area contributed by atoms with Gasteiger partial charge in [-0.15, -0.1) is 0 Å². The maximum Gasteiger partial charge on any atom is 0.419 e. The summed E-state index contributed by atoms with van der Waals surface area (Å²) < 4.78 is 44.4. The fraction of sp³-hybridized carbons (Fsp3) is 0.576. The third-order valence-electron chi connectivity index (χ3n) is 7.23. The smallest absolute Gasteiger partial charge is 0.419 e. The van der Waals surface area contributed by atoms with Crippen LogP contribution in [0.5, 0.6) is 0 Å². The Labute approximate surface area is 271 Å². The third-order valence-corrected chi connectivity index (χ3v) is 9.30. The minimum absolute atomic E-state index is 0.0302. The van der Waals surface area contributed by atoms with Crippen molar-refractivity contribution in [3.63, 3.8) is 0 Å². The quantitative estimate of drug-likeness (QED) is 0.202. The van der Waals surface area contributed by atoms with Gasteiger partial charge >= 0.3 is 18.2 Å². The van der Waals surface area contributed by atoms with Crippen molar-refractivity contribution in [1.29, 1.82) is 0 Å². The van der Waals surface area contributed by atoms with Gasteiger partial charge in [-0.1, -0.05) is 6.07 Å². The van der Waals surface area contributed by atoms with E-state index in [2.05, 4.69) is 4.98 Å². The Hall–Kier alpha value is -3.34. The second kappa shape index (κ2) is 15.5. The van der Waals surface area contributed by atoms with Gasteiger partial charge in [0.25, 0.3) is 0 Å². The van der Waals surface area contributed by atoms with E-state index in [1.54, 1.807) is 79.1 Å². The predicted molar refractivity (Wildman–Crippen MR) is 173 cm³/mol. The standard InChI is InChI=1S/C33H47FN3O8P/c1-23(10-8-9-17-37(29(40)44-31(2,3)4)30(41)45-32(5,6)7)43-33(28(38)39)22-36(18-19-46(33)42)21-25-11-12-26(34)20-27(25)24-13-15-35-16-14-24/h11-16,20,23,46H,8-10,17-19,21-22H2,1-7H3,(H,38,39)/t23?,33-/m0/s1. The fourth-order valence-electron chi connectivity index (χ4n) is 5.14. The molecule has 1 aliphatic rings. The van der Waals surface area contributed by atoms with E-state index in [4.69, 9.17) is 14.2 Å². The summed E-state index contributed by atoms with van der Waals surface area (Å²) in [6, 6.07) is 8.03. The molecular formula is C33H47FN3O8P. The summed E-state index contributed by atoms with van der Waals surface area (Å²) in [5, 5.41) is 8.43. The maximum atomic E-state index is 14.2. The Morgan fingerprint density at radius 2 is 1.65 bits per heavy atom. The average Bonchev–Trinajstić information content (AvgIpc) is 2.94. The minimum Gasteiger partial charge on any atom is -0.479 e. The first-order chi connectivity index (χ1) is 21.4. The van der Waals surface area contributed by atoms with Crippen molar-refractivity contribution < 1.29 is 42.7 Å². The molecule has 13 heteroatoms. The van der Waals surface area contributed by atoms with Gasteiger partial charge in [-0.05, 0) is 109 Å². The number of aliphatic carboxylic acids is 1. The number of hydrogen-bond acceptors (Lipinski definition) is 9. The number of unbranched alkanes of at least 4 members (excludes halogenated alkanes) is 1. The Kier molecular flexibility index (Phi) is 12.5. The lowest BCUT2D eigenvalue weighted by atomic mass is 10.00. The van der Waals surface area contributed by atoms with Crippen LogP contribution in [0.4, 0.5) is 14.0 Å². The third kappa shape index (κ3) is 10.6. The number of amides is 2. The van der Waals surface area contributed by atoms with E-state index in [9.17, 15) is 28.4 Å². The zero-order chi connectivity index (χ0) is 34.3. The molecule has 1 saturated heterocycles. The van der Waals surface area contributed by atoms with Crippen LogP contribution in [0.25, 0.3) is 11.1 Å². The number of ether oxygens (including phenoxy) is 3. The molecule has 11 nitrogen and oxygen atoms in total. The van der Waals surface area contributed by atoms with Gasteiger partial charge in [-0.2, -0.15) is 0 Å². The number of hydrogen-bond donors (Lipinski definition) is 1. The van der Waals surface area contributed by atoms with Gasteiger partial charge in [-0.25, -0.2) is 23.7 Å². The van der Waals surface area contributed by atoms with Gasteiger partial charge in [0.05, 0.1) is 6.10 Å².